The van der Waals surface area contributed by atoms with Crippen LogP contribution in [0.15, 0.2) is 91.0 Å². The molecule has 0 saturated carbocycles. The lowest BCUT2D eigenvalue weighted by molar-refractivity contribution is 0.306. The van der Waals surface area contributed by atoms with Crippen molar-refractivity contribution < 1.29 is 0 Å². The highest BCUT2D eigenvalue weighted by Gasteiger charge is 2.33. The minimum Gasteiger partial charge on any atom is -0.292 e. The highest BCUT2D eigenvalue weighted by Crippen LogP contribution is 2.46. The second-order valence-electron chi connectivity index (χ2n) is 6.62. The van der Waals surface area contributed by atoms with Gasteiger partial charge in [-0.3, -0.25) is 4.90 Å². The molecule has 4 rings (SSSR count). The zero-order valence-electron chi connectivity index (χ0n) is 14.5. The van der Waals surface area contributed by atoms with E-state index in [1.54, 1.807) is 0 Å². The van der Waals surface area contributed by atoms with E-state index in [9.17, 15) is 0 Å². The van der Waals surface area contributed by atoms with Gasteiger partial charge in [-0.1, -0.05) is 91.0 Å². The second kappa shape index (κ2) is 7.95. The van der Waals surface area contributed by atoms with Gasteiger partial charge in [-0.25, -0.2) is 0 Å². The first-order valence-corrected chi connectivity index (χ1v) is 10.5. The van der Waals surface area contributed by atoms with Crippen LogP contribution in [0, 0.1) is 0 Å². The molecule has 1 heterocycles. The van der Waals surface area contributed by atoms with Gasteiger partial charge in [0.25, 0.3) is 0 Å². The van der Waals surface area contributed by atoms with E-state index in [1.807, 2.05) is 0 Å². The van der Waals surface area contributed by atoms with Crippen molar-refractivity contribution in [2.75, 3.05) is 6.54 Å². The van der Waals surface area contributed by atoms with E-state index in [0.29, 0.717) is 5.78 Å². The molecule has 3 aromatic rings. The van der Waals surface area contributed by atoms with Gasteiger partial charge in [0.2, 0.25) is 0 Å². The molecule has 3 aromatic carbocycles. The van der Waals surface area contributed by atoms with Gasteiger partial charge in [-0.15, -0.1) is 0 Å². The van der Waals surface area contributed by atoms with Crippen molar-refractivity contribution in [3.8, 4) is 0 Å². The van der Waals surface area contributed by atoms with Crippen molar-refractivity contribution in [1.29, 1.82) is 0 Å². The van der Waals surface area contributed by atoms with Crippen molar-refractivity contribution in [3.63, 3.8) is 0 Å². The minimum atomic E-state index is -0.362. The lowest BCUT2D eigenvalue weighted by Crippen LogP contribution is -2.33. The molecule has 0 N–H and O–H groups in total. The van der Waals surface area contributed by atoms with Crippen LogP contribution in [-0.4, -0.2) is 17.2 Å². The van der Waals surface area contributed by atoms with E-state index in [0.717, 1.165) is 6.54 Å². The lowest BCUT2D eigenvalue weighted by Gasteiger charge is -2.33. The predicted molar refractivity (Wildman–Crippen MR) is 109 cm³/mol. The number of likely N-dealkylation sites (tertiary alicyclic amines) is 1. The smallest absolute Gasteiger partial charge is 0.0382 e. The highest BCUT2D eigenvalue weighted by molar-refractivity contribution is 7.73. The summed E-state index contributed by atoms with van der Waals surface area (Å²) in [6, 6.07) is 33.2. The Balaban J connectivity index is 1.66. The summed E-state index contributed by atoms with van der Waals surface area (Å²) in [5.41, 5.74) is 1.42. The summed E-state index contributed by atoms with van der Waals surface area (Å²) in [5.74, 6) is 0.625. The molecule has 1 fully saturated rings. The highest BCUT2D eigenvalue weighted by atomic mass is 31.1. The van der Waals surface area contributed by atoms with Crippen LogP contribution >= 0.6 is 7.92 Å². The first kappa shape index (κ1) is 16.5. The number of benzene rings is 3. The third-order valence-electron chi connectivity index (χ3n) is 4.92. The molecule has 126 valence electrons. The monoisotopic (exact) mass is 345 g/mol. The quantitative estimate of drug-likeness (QED) is 0.604. The predicted octanol–water partition coefficient (Wildman–Crippen LogP) is 4.74. The van der Waals surface area contributed by atoms with Crippen LogP contribution in [0.5, 0.6) is 0 Å². The molecular formula is C23H24NP. The molecular weight excluding hydrogens is 321 g/mol. The molecule has 1 atom stereocenters. The van der Waals surface area contributed by atoms with Gasteiger partial charge in [-0.2, -0.15) is 0 Å². The van der Waals surface area contributed by atoms with Gasteiger partial charge in [0.15, 0.2) is 0 Å². The summed E-state index contributed by atoms with van der Waals surface area (Å²) in [5, 5.41) is 2.99. The Hall–Kier alpha value is -1.95. The van der Waals surface area contributed by atoms with E-state index in [-0.39, 0.29) is 7.92 Å². The average Bonchev–Trinajstić information content (AvgIpc) is 3.12. The standard InChI is InChI=1S/C23H24NP/c1-4-11-20(12-5-1)19-24-18-10-17-23(24)25(21-13-6-2-7-14-21)22-15-8-3-9-16-22/h1-9,11-16,23H,10,17-19H2/t23-/m0/s1. The first-order chi connectivity index (χ1) is 12.4. The third kappa shape index (κ3) is 3.84. The molecule has 0 radical (unpaired) electrons. The lowest BCUT2D eigenvalue weighted by atomic mass is 10.2. The molecule has 0 amide bonds. The van der Waals surface area contributed by atoms with E-state index in [2.05, 4.69) is 95.9 Å². The van der Waals surface area contributed by atoms with E-state index >= 15 is 0 Å². The van der Waals surface area contributed by atoms with Gasteiger partial charge in [-0.05, 0) is 43.5 Å². The Labute approximate surface area is 152 Å². The maximum absolute atomic E-state index is 2.71. The molecule has 0 spiro atoms. The summed E-state index contributed by atoms with van der Waals surface area (Å²) in [4.78, 5) is 2.71. The normalized spacial score (nSPS) is 17.9. The maximum atomic E-state index is 2.71. The minimum absolute atomic E-state index is 0.362. The molecule has 1 aliphatic rings. The fourth-order valence-electron chi connectivity index (χ4n) is 3.77. The Morgan fingerprint density at radius 1 is 0.720 bits per heavy atom. The van der Waals surface area contributed by atoms with Gasteiger partial charge in [0.1, 0.15) is 0 Å². The summed E-state index contributed by atoms with van der Waals surface area (Å²) in [6.07, 6.45) is 2.60. The molecule has 1 aliphatic heterocycles. The second-order valence-corrected chi connectivity index (χ2v) is 8.99. The van der Waals surface area contributed by atoms with E-state index < -0.39 is 0 Å². The van der Waals surface area contributed by atoms with Crippen LogP contribution in [0.2, 0.25) is 0 Å². The molecule has 0 bridgehead atoms. The van der Waals surface area contributed by atoms with Crippen LogP contribution in [-0.2, 0) is 6.54 Å². The van der Waals surface area contributed by atoms with Crippen LogP contribution in [0.25, 0.3) is 0 Å². The largest absolute Gasteiger partial charge is 0.292 e. The Morgan fingerprint density at radius 3 is 1.80 bits per heavy atom. The first-order valence-electron chi connectivity index (χ1n) is 9.09. The Morgan fingerprint density at radius 2 is 1.24 bits per heavy atom. The zero-order valence-corrected chi connectivity index (χ0v) is 15.4. The summed E-state index contributed by atoms with van der Waals surface area (Å²) in [6.45, 7) is 2.27. The number of nitrogens with zero attached hydrogens (tertiary/aromatic N) is 1. The summed E-state index contributed by atoms with van der Waals surface area (Å²) < 4.78 is 0. The third-order valence-corrected chi connectivity index (χ3v) is 7.81. The molecule has 25 heavy (non-hydrogen) atoms. The zero-order chi connectivity index (χ0) is 16.9. The number of hydrogen-bond acceptors (Lipinski definition) is 1. The molecule has 0 aromatic heterocycles. The average molecular weight is 345 g/mol. The Bertz CT molecular complexity index is 733. The molecule has 0 aliphatic carbocycles. The molecule has 1 nitrogen and oxygen atoms in total. The number of rotatable bonds is 5. The molecule has 1 saturated heterocycles. The van der Waals surface area contributed by atoms with Crippen LogP contribution < -0.4 is 10.6 Å². The van der Waals surface area contributed by atoms with Crippen molar-refractivity contribution in [1.82, 2.24) is 4.90 Å². The van der Waals surface area contributed by atoms with Gasteiger partial charge < -0.3 is 0 Å². The summed E-state index contributed by atoms with van der Waals surface area (Å²) >= 11 is 0. The molecule has 2 heteroatoms. The SMILES string of the molecule is c1ccc(CN2CCC[C@@H]2P(c2ccccc2)c2ccccc2)cc1. The van der Waals surface area contributed by atoms with E-state index in [1.165, 1.54) is 35.6 Å². The topological polar surface area (TPSA) is 3.24 Å². The maximum Gasteiger partial charge on any atom is 0.0382 e. The van der Waals surface area contributed by atoms with E-state index in [4.69, 9.17) is 0 Å². The van der Waals surface area contributed by atoms with Crippen LogP contribution in [0.1, 0.15) is 18.4 Å². The van der Waals surface area contributed by atoms with Crippen LogP contribution in [0.4, 0.5) is 0 Å². The summed E-state index contributed by atoms with van der Waals surface area (Å²) in [7, 11) is -0.362. The van der Waals surface area contributed by atoms with Gasteiger partial charge in [0.05, 0.1) is 0 Å². The van der Waals surface area contributed by atoms with Gasteiger partial charge >= 0.3 is 0 Å². The van der Waals surface area contributed by atoms with Crippen molar-refractivity contribution in [2.24, 2.45) is 0 Å². The van der Waals surface area contributed by atoms with Crippen molar-refractivity contribution >= 4 is 18.5 Å². The molecule has 0 unspecified atom stereocenters. The van der Waals surface area contributed by atoms with Crippen molar-refractivity contribution in [2.45, 2.75) is 25.2 Å². The fourth-order valence-corrected chi connectivity index (χ4v) is 6.71. The Kier molecular flexibility index (Phi) is 5.25. The van der Waals surface area contributed by atoms with Crippen molar-refractivity contribution in [3.05, 3.63) is 96.6 Å². The van der Waals surface area contributed by atoms with Crippen LogP contribution in [0.3, 0.4) is 0 Å². The fraction of sp³-hybridized carbons (Fsp3) is 0.217. The number of hydrogen-bond donors (Lipinski definition) is 0. The van der Waals surface area contributed by atoms with Gasteiger partial charge in [0, 0.05) is 12.3 Å².